The van der Waals surface area contributed by atoms with E-state index < -0.39 is 0 Å². The average molecular weight is 184 g/mol. The lowest BCUT2D eigenvalue weighted by molar-refractivity contribution is -0.142. The number of rotatable bonds is 5. The normalized spacial score (nSPS) is 31.5. The van der Waals surface area contributed by atoms with Gasteiger partial charge in [0.25, 0.3) is 0 Å². The van der Waals surface area contributed by atoms with Gasteiger partial charge in [0.05, 0.1) is 13.0 Å². The molecule has 0 amide bonds. The van der Waals surface area contributed by atoms with Gasteiger partial charge in [0.15, 0.2) is 0 Å². The quantitative estimate of drug-likeness (QED) is 0.614. The Hall–Kier alpha value is -0.530. The van der Waals surface area contributed by atoms with Crippen molar-refractivity contribution in [2.24, 2.45) is 17.8 Å². The predicted octanol–water partition coefficient (Wildman–Crippen LogP) is 2.62. The summed E-state index contributed by atoms with van der Waals surface area (Å²) in [6.07, 6.45) is 4.73. The molecule has 0 heterocycles. The summed E-state index contributed by atoms with van der Waals surface area (Å²) in [6.45, 7) is 4.35. The molecule has 1 saturated carbocycles. The highest BCUT2D eigenvalue weighted by Crippen LogP contribution is 2.52. The third-order valence-electron chi connectivity index (χ3n) is 3.05. The van der Waals surface area contributed by atoms with Crippen LogP contribution in [0.25, 0.3) is 0 Å². The van der Waals surface area contributed by atoms with Crippen molar-refractivity contribution in [2.75, 3.05) is 7.11 Å². The van der Waals surface area contributed by atoms with Gasteiger partial charge in [-0.3, -0.25) is 4.79 Å². The summed E-state index contributed by atoms with van der Waals surface area (Å²) in [5.41, 5.74) is 0. The van der Waals surface area contributed by atoms with Crippen molar-refractivity contribution in [2.45, 2.75) is 39.5 Å². The lowest BCUT2D eigenvalue weighted by Gasteiger charge is -1.95. The molecule has 2 heteroatoms. The fourth-order valence-electron chi connectivity index (χ4n) is 2.38. The van der Waals surface area contributed by atoms with Crippen LogP contribution in [0.4, 0.5) is 0 Å². The Morgan fingerprint density at radius 1 is 1.15 bits per heavy atom. The van der Waals surface area contributed by atoms with Crippen LogP contribution in [0.15, 0.2) is 0 Å². The first-order valence-electron chi connectivity index (χ1n) is 5.34. The second kappa shape index (κ2) is 4.64. The van der Waals surface area contributed by atoms with Crippen LogP contribution >= 0.6 is 0 Å². The minimum Gasteiger partial charge on any atom is -0.469 e. The number of carbonyl (C=O) groups is 1. The lowest BCUT2D eigenvalue weighted by atomic mass is 10.1. The molecular weight excluding hydrogens is 164 g/mol. The molecule has 0 spiro atoms. The Labute approximate surface area is 80.7 Å². The van der Waals surface area contributed by atoms with Crippen LogP contribution in [0.2, 0.25) is 0 Å². The fourth-order valence-corrected chi connectivity index (χ4v) is 2.38. The molecule has 1 fully saturated rings. The first-order valence-corrected chi connectivity index (χ1v) is 5.34. The van der Waals surface area contributed by atoms with Crippen molar-refractivity contribution in [3.05, 3.63) is 0 Å². The number of methoxy groups -OCH3 is 1. The van der Waals surface area contributed by atoms with Gasteiger partial charge >= 0.3 is 5.97 Å². The van der Waals surface area contributed by atoms with Crippen LogP contribution in [0.1, 0.15) is 39.5 Å². The summed E-state index contributed by atoms with van der Waals surface area (Å²) in [7, 11) is 1.49. The Bertz CT molecular complexity index is 165. The zero-order valence-electron chi connectivity index (χ0n) is 8.88. The standard InChI is InChI=1S/C11H20O2/c1-4-6-8-9(7-5-2)10(8)11(12)13-3/h8-10H,4-7H2,1-3H3. The van der Waals surface area contributed by atoms with E-state index in [1.54, 1.807) is 0 Å². The number of ether oxygens (including phenoxy) is 1. The first kappa shape index (κ1) is 10.6. The molecule has 0 aliphatic heterocycles. The van der Waals surface area contributed by atoms with Crippen LogP contribution in [0.3, 0.4) is 0 Å². The van der Waals surface area contributed by atoms with E-state index in [2.05, 4.69) is 13.8 Å². The van der Waals surface area contributed by atoms with E-state index in [9.17, 15) is 4.79 Å². The monoisotopic (exact) mass is 184 g/mol. The second-order valence-corrected chi connectivity index (χ2v) is 3.95. The maximum atomic E-state index is 11.3. The van der Waals surface area contributed by atoms with Crippen LogP contribution in [-0.4, -0.2) is 13.1 Å². The topological polar surface area (TPSA) is 26.3 Å². The molecule has 2 nitrogen and oxygen atoms in total. The summed E-state index contributed by atoms with van der Waals surface area (Å²) in [5, 5.41) is 0. The molecule has 0 N–H and O–H groups in total. The molecule has 1 rings (SSSR count). The van der Waals surface area contributed by atoms with E-state index >= 15 is 0 Å². The summed E-state index contributed by atoms with van der Waals surface area (Å²) in [5.74, 6) is 1.48. The van der Waals surface area contributed by atoms with Crippen molar-refractivity contribution in [3.63, 3.8) is 0 Å². The van der Waals surface area contributed by atoms with Gasteiger partial charge in [-0.15, -0.1) is 0 Å². The summed E-state index contributed by atoms with van der Waals surface area (Å²) in [4.78, 5) is 11.3. The van der Waals surface area contributed by atoms with E-state index in [0.29, 0.717) is 11.8 Å². The van der Waals surface area contributed by atoms with Crippen LogP contribution in [0, 0.1) is 17.8 Å². The SMILES string of the molecule is CCCC1C(CCC)C1C(=O)OC. The van der Waals surface area contributed by atoms with Crippen molar-refractivity contribution in [3.8, 4) is 0 Å². The van der Waals surface area contributed by atoms with Crippen molar-refractivity contribution >= 4 is 5.97 Å². The van der Waals surface area contributed by atoms with Gasteiger partial charge in [-0.25, -0.2) is 0 Å². The minimum absolute atomic E-state index is 0.0110. The molecular formula is C11H20O2. The largest absolute Gasteiger partial charge is 0.469 e. The van der Waals surface area contributed by atoms with Gasteiger partial charge in [-0.2, -0.15) is 0 Å². The third kappa shape index (κ3) is 2.23. The number of esters is 1. The van der Waals surface area contributed by atoms with Gasteiger partial charge < -0.3 is 4.74 Å². The Balaban J connectivity index is 2.41. The highest BCUT2D eigenvalue weighted by molar-refractivity contribution is 5.76. The van der Waals surface area contributed by atoms with Gasteiger partial charge in [0.1, 0.15) is 0 Å². The molecule has 76 valence electrons. The van der Waals surface area contributed by atoms with E-state index in [0.717, 1.165) is 0 Å². The maximum absolute atomic E-state index is 11.3. The zero-order valence-corrected chi connectivity index (χ0v) is 8.88. The van der Waals surface area contributed by atoms with Crippen LogP contribution < -0.4 is 0 Å². The number of hydrogen-bond acceptors (Lipinski definition) is 2. The minimum atomic E-state index is 0.0110. The molecule has 1 aliphatic rings. The molecule has 0 aromatic heterocycles. The number of carbonyl (C=O) groups excluding carboxylic acids is 1. The molecule has 13 heavy (non-hydrogen) atoms. The first-order chi connectivity index (χ1) is 6.26. The van der Waals surface area contributed by atoms with Crippen LogP contribution in [0.5, 0.6) is 0 Å². The smallest absolute Gasteiger partial charge is 0.309 e. The molecule has 0 radical (unpaired) electrons. The lowest BCUT2D eigenvalue weighted by Crippen LogP contribution is -2.05. The van der Waals surface area contributed by atoms with Gasteiger partial charge in [0.2, 0.25) is 0 Å². The van der Waals surface area contributed by atoms with E-state index in [-0.39, 0.29) is 11.9 Å². The number of hydrogen-bond donors (Lipinski definition) is 0. The van der Waals surface area contributed by atoms with Crippen molar-refractivity contribution in [1.82, 2.24) is 0 Å². The van der Waals surface area contributed by atoms with Gasteiger partial charge in [0, 0.05) is 0 Å². The molecule has 1 aliphatic carbocycles. The van der Waals surface area contributed by atoms with Gasteiger partial charge in [-0.1, -0.05) is 26.7 Å². The second-order valence-electron chi connectivity index (χ2n) is 3.95. The summed E-state index contributed by atoms with van der Waals surface area (Å²) >= 11 is 0. The highest BCUT2D eigenvalue weighted by Gasteiger charge is 2.53. The highest BCUT2D eigenvalue weighted by atomic mass is 16.5. The van der Waals surface area contributed by atoms with Crippen molar-refractivity contribution < 1.29 is 9.53 Å². The molecule has 0 bridgehead atoms. The molecule has 2 unspecified atom stereocenters. The maximum Gasteiger partial charge on any atom is 0.309 e. The summed E-state index contributed by atoms with van der Waals surface area (Å²) < 4.78 is 4.79. The van der Waals surface area contributed by atoms with Crippen LogP contribution in [-0.2, 0) is 9.53 Å². The molecule has 0 saturated heterocycles. The Morgan fingerprint density at radius 2 is 1.62 bits per heavy atom. The van der Waals surface area contributed by atoms with Gasteiger partial charge in [-0.05, 0) is 24.7 Å². The molecule has 2 atom stereocenters. The van der Waals surface area contributed by atoms with Crippen molar-refractivity contribution in [1.29, 1.82) is 0 Å². The predicted molar refractivity (Wildman–Crippen MR) is 52.3 cm³/mol. The Morgan fingerprint density at radius 3 is 1.92 bits per heavy atom. The van der Waals surface area contributed by atoms with E-state index in [1.807, 2.05) is 0 Å². The van der Waals surface area contributed by atoms with E-state index in [1.165, 1.54) is 32.8 Å². The third-order valence-corrected chi connectivity index (χ3v) is 3.05. The zero-order chi connectivity index (χ0) is 9.84. The summed E-state index contributed by atoms with van der Waals surface area (Å²) in [6, 6.07) is 0. The fraction of sp³-hybridized carbons (Fsp3) is 0.909. The van der Waals surface area contributed by atoms with E-state index in [4.69, 9.17) is 4.74 Å². The molecule has 0 aromatic carbocycles. The Kier molecular flexibility index (Phi) is 3.76. The average Bonchev–Trinajstić information content (AvgIpc) is 2.79. The molecule has 0 aromatic rings.